The maximum absolute atomic E-state index is 2.33. The van der Waals surface area contributed by atoms with Crippen LogP contribution in [0.15, 0.2) is 0 Å². The average Bonchev–Trinajstić information content (AvgIpc) is 2.43. The molecule has 0 aromatic carbocycles. The van der Waals surface area contributed by atoms with E-state index in [9.17, 15) is 0 Å². The summed E-state index contributed by atoms with van der Waals surface area (Å²) in [6.45, 7) is 21.0. The lowest BCUT2D eigenvalue weighted by Gasteiger charge is -2.29. The fourth-order valence-electron chi connectivity index (χ4n) is 0.833. The minimum atomic E-state index is 1.03. The Morgan fingerprint density at radius 1 is 0.625 bits per heavy atom. The molecule has 1 saturated carbocycles. The molecule has 0 radical (unpaired) electrons. The molecule has 0 spiro atoms. The van der Waals surface area contributed by atoms with Gasteiger partial charge in [-0.15, -0.1) is 0 Å². The Hall–Kier alpha value is 0. The van der Waals surface area contributed by atoms with Crippen LogP contribution in [0.2, 0.25) is 0 Å². The lowest BCUT2D eigenvalue weighted by atomic mass is 9.77. The first-order valence-corrected chi connectivity index (χ1v) is 7.72. The number of unbranched alkanes of at least 4 members (excludes halogenated alkanes) is 1. The molecular weight excluding hydrogens is 192 g/mol. The molecule has 0 amide bonds. The monoisotopic (exact) mass is 232 g/mol. The van der Waals surface area contributed by atoms with E-state index >= 15 is 0 Å². The van der Waals surface area contributed by atoms with Gasteiger partial charge in [-0.3, -0.25) is 0 Å². The molecule has 1 rings (SSSR count). The fraction of sp³-hybridized carbons (Fsp3) is 1.00. The Kier molecular flexibility index (Phi) is 45.9. The van der Waals surface area contributed by atoms with Crippen molar-refractivity contribution in [3.05, 3.63) is 0 Å². The molecule has 2 unspecified atom stereocenters. The number of rotatable bonds is 1. The van der Waals surface area contributed by atoms with Gasteiger partial charge in [-0.2, -0.15) is 0 Å². The molecule has 104 valence electrons. The van der Waals surface area contributed by atoms with E-state index in [4.69, 9.17) is 0 Å². The summed E-state index contributed by atoms with van der Waals surface area (Å²) in [7, 11) is 0. The maximum Gasteiger partial charge on any atom is -0.0417 e. The van der Waals surface area contributed by atoms with Crippen LogP contribution >= 0.6 is 0 Å². The number of hydrogen-bond donors (Lipinski definition) is 0. The minimum Gasteiger partial charge on any atom is -0.0683 e. The van der Waals surface area contributed by atoms with Crippen LogP contribution in [-0.4, -0.2) is 0 Å². The highest BCUT2D eigenvalue weighted by molar-refractivity contribution is 4.71. The third-order valence-corrected chi connectivity index (χ3v) is 2.55. The molecule has 1 aliphatic rings. The molecule has 16 heavy (non-hydrogen) atoms. The molecule has 0 bridgehead atoms. The minimum absolute atomic E-state index is 1.03. The number of hydrogen-bond acceptors (Lipinski definition) is 0. The lowest BCUT2D eigenvalue weighted by molar-refractivity contribution is 0.219. The molecule has 0 aromatic rings. The zero-order valence-corrected chi connectivity index (χ0v) is 14.0. The maximum atomic E-state index is 2.33. The highest BCUT2D eigenvalue weighted by atomic mass is 14.3. The van der Waals surface area contributed by atoms with Gasteiger partial charge in [0, 0.05) is 0 Å². The van der Waals surface area contributed by atoms with Crippen molar-refractivity contribution in [1.29, 1.82) is 0 Å². The Bertz CT molecular complexity index is 56.4. The van der Waals surface area contributed by atoms with Gasteiger partial charge in [-0.05, 0) is 11.8 Å². The molecule has 0 aromatic heterocycles. The third kappa shape index (κ3) is 23.7. The molecule has 0 aliphatic heterocycles. The van der Waals surface area contributed by atoms with Gasteiger partial charge in [0.05, 0.1) is 0 Å². The van der Waals surface area contributed by atoms with Gasteiger partial charge < -0.3 is 0 Å². The van der Waals surface area contributed by atoms with Crippen LogP contribution in [0.25, 0.3) is 0 Å². The van der Waals surface area contributed by atoms with Crippen molar-refractivity contribution in [3.63, 3.8) is 0 Å². The molecule has 0 saturated heterocycles. The Labute approximate surface area is 107 Å². The zero-order valence-electron chi connectivity index (χ0n) is 14.0. The molecule has 0 heterocycles. The Morgan fingerprint density at radius 3 is 0.812 bits per heavy atom. The zero-order chi connectivity index (χ0) is 14.0. The lowest BCUT2D eigenvalue weighted by Crippen LogP contribution is -2.18. The first-order chi connectivity index (χ1) is 7.72. The summed E-state index contributed by atoms with van der Waals surface area (Å²) in [5.41, 5.74) is 0. The predicted molar refractivity (Wildman–Crippen MR) is 82.2 cm³/mol. The average molecular weight is 232 g/mol. The summed E-state index contributed by atoms with van der Waals surface area (Å²) in [4.78, 5) is 0. The summed E-state index contributed by atoms with van der Waals surface area (Å²) in [6.07, 6.45) is 5.59. The van der Waals surface area contributed by atoms with E-state index in [0.717, 1.165) is 11.8 Å². The smallest absolute Gasteiger partial charge is 0.0417 e. The second kappa shape index (κ2) is 29.4. The van der Waals surface area contributed by atoms with Crippen molar-refractivity contribution in [3.8, 4) is 0 Å². The molecule has 0 nitrogen and oxygen atoms in total. The molecule has 1 fully saturated rings. The largest absolute Gasteiger partial charge is 0.0683 e. The van der Waals surface area contributed by atoms with Crippen molar-refractivity contribution in [1.82, 2.24) is 0 Å². The highest BCUT2D eigenvalue weighted by Gasteiger charge is 2.20. The highest BCUT2D eigenvalue weighted by Crippen LogP contribution is 2.32. The van der Waals surface area contributed by atoms with E-state index < -0.39 is 0 Å². The van der Waals surface area contributed by atoms with E-state index in [2.05, 4.69) is 27.7 Å². The third-order valence-electron chi connectivity index (χ3n) is 2.55. The summed E-state index contributed by atoms with van der Waals surface area (Å²) in [6, 6.07) is 0. The normalized spacial score (nSPS) is 19.9. The van der Waals surface area contributed by atoms with E-state index in [1.165, 1.54) is 25.7 Å². The van der Waals surface area contributed by atoms with E-state index in [1.54, 1.807) is 0 Å². The van der Waals surface area contributed by atoms with Crippen molar-refractivity contribution in [2.24, 2.45) is 11.8 Å². The van der Waals surface area contributed by atoms with Crippen molar-refractivity contribution < 1.29 is 0 Å². The summed E-state index contributed by atoms with van der Waals surface area (Å²) >= 11 is 0. The van der Waals surface area contributed by atoms with Crippen molar-refractivity contribution in [2.75, 3.05) is 0 Å². The van der Waals surface area contributed by atoms with Crippen LogP contribution in [0.3, 0.4) is 0 Å². The van der Waals surface area contributed by atoms with Gasteiger partial charge in [-0.1, -0.05) is 94.9 Å². The fourth-order valence-corrected chi connectivity index (χ4v) is 0.833. The van der Waals surface area contributed by atoms with Gasteiger partial charge in [-0.25, -0.2) is 0 Å². The van der Waals surface area contributed by atoms with Crippen molar-refractivity contribution in [2.45, 2.75) is 94.9 Å². The Morgan fingerprint density at radius 2 is 0.812 bits per heavy atom. The molecule has 0 heteroatoms. The second-order valence-electron chi connectivity index (χ2n) is 3.53. The Balaban J connectivity index is -0.0000000639. The first-order valence-electron chi connectivity index (χ1n) is 7.72. The molecule has 0 N–H and O–H groups in total. The predicted octanol–water partition coefficient (Wildman–Crippen LogP) is 6.94. The summed E-state index contributed by atoms with van der Waals surface area (Å²) < 4.78 is 0. The SMILES string of the molecule is CC.CC.CC.CC1CCC1C.CCCC. The van der Waals surface area contributed by atoms with E-state index in [1.807, 2.05) is 41.5 Å². The van der Waals surface area contributed by atoms with Crippen LogP contribution in [-0.2, 0) is 0 Å². The quantitative estimate of drug-likeness (QED) is 0.459. The van der Waals surface area contributed by atoms with Crippen LogP contribution in [0.4, 0.5) is 0 Å². The molecular formula is C16H40. The summed E-state index contributed by atoms with van der Waals surface area (Å²) in [5.74, 6) is 2.06. The van der Waals surface area contributed by atoms with Gasteiger partial charge in [0.25, 0.3) is 0 Å². The van der Waals surface area contributed by atoms with E-state index in [0.29, 0.717) is 0 Å². The second-order valence-corrected chi connectivity index (χ2v) is 3.53. The standard InChI is InChI=1S/C6H12.C4H10.3C2H6/c1-5-3-4-6(5)2;1-3-4-2;3*1-2/h5-6H,3-4H2,1-2H3;3-4H2,1-2H3;3*1-2H3. The van der Waals surface area contributed by atoms with Crippen molar-refractivity contribution >= 4 is 0 Å². The topological polar surface area (TPSA) is 0 Å². The van der Waals surface area contributed by atoms with E-state index in [-0.39, 0.29) is 0 Å². The van der Waals surface area contributed by atoms with Gasteiger partial charge >= 0.3 is 0 Å². The molecule has 1 aliphatic carbocycles. The van der Waals surface area contributed by atoms with Crippen LogP contribution in [0.1, 0.15) is 94.9 Å². The van der Waals surface area contributed by atoms with Gasteiger partial charge in [0.1, 0.15) is 0 Å². The van der Waals surface area contributed by atoms with Gasteiger partial charge in [0.15, 0.2) is 0 Å². The van der Waals surface area contributed by atoms with Gasteiger partial charge in [0.2, 0.25) is 0 Å². The van der Waals surface area contributed by atoms with Crippen LogP contribution in [0.5, 0.6) is 0 Å². The van der Waals surface area contributed by atoms with Crippen LogP contribution < -0.4 is 0 Å². The molecule has 2 atom stereocenters. The summed E-state index contributed by atoms with van der Waals surface area (Å²) in [5, 5.41) is 0. The first kappa shape index (κ1) is 25.0. The van der Waals surface area contributed by atoms with Crippen LogP contribution in [0, 0.1) is 11.8 Å².